The minimum Gasteiger partial charge on any atom is -0.490 e. The molecule has 0 fully saturated rings. The van der Waals surface area contributed by atoms with Crippen molar-refractivity contribution in [1.29, 1.82) is 0 Å². The van der Waals surface area contributed by atoms with Gasteiger partial charge in [0.2, 0.25) is 0 Å². The van der Waals surface area contributed by atoms with E-state index in [9.17, 15) is 0 Å². The number of halogens is 1. The van der Waals surface area contributed by atoms with Crippen LogP contribution < -0.4 is 15.2 Å². The van der Waals surface area contributed by atoms with E-state index >= 15 is 0 Å². The summed E-state index contributed by atoms with van der Waals surface area (Å²) in [5.74, 6) is 1.50. The average Bonchev–Trinajstić information content (AvgIpc) is 2.42. The number of methoxy groups -OCH3 is 1. The van der Waals surface area contributed by atoms with Gasteiger partial charge in [-0.15, -0.1) is 0 Å². The molecule has 0 aliphatic heterocycles. The zero-order valence-electron chi connectivity index (χ0n) is 13.4. The number of rotatable bonds is 9. The smallest absolute Gasteiger partial charge is 0.175 e. The van der Waals surface area contributed by atoms with E-state index in [1.165, 1.54) is 0 Å². The summed E-state index contributed by atoms with van der Waals surface area (Å²) in [5.41, 5.74) is 6.55. The van der Waals surface area contributed by atoms with E-state index in [1.807, 2.05) is 32.9 Å². The second-order valence-electron chi connectivity index (χ2n) is 5.44. The van der Waals surface area contributed by atoms with Crippen molar-refractivity contribution < 1.29 is 14.2 Å². The SMILES string of the molecule is CCOc1cc(CCN)cc(Br)c1OCCC(C)(C)OC. The van der Waals surface area contributed by atoms with Crippen molar-refractivity contribution in [2.24, 2.45) is 5.73 Å². The van der Waals surface area contributed by atoms with Crippen molar-refractivity contribution in [3.05, 3.63) is 22.2 Å². The van der Waals surface area contributed by atoms with Crippen LogP contribution in [0.2, 0.25) is 0 Å². The maximum Gasteiger partial charge on any atom is 0.175 e. The number of hydrogen-bond acceptors (Lipinski definition) is 4. The van der Waals surface area contributed by atoms with Crippen molar-refractivity contribution in [2.75, 3.05) is 26.9 Å². The van der Waals surface area contributed by atoms with E-state index in [2.05, 4.69) is 15.9 Å². The fraction of sp³-hybridized carbons (Fsp3) is 0.625. The number of hydrogen-bond donors (Lipinski definition) is 1. The standard InChI is InChI=1S/C16H26BrNO3/c1-5-20-14-11-12(6-8-18)10-13(17)15(14)21-9-7-16(2,3)19-4/h10-11H,5-9,18H2,1-4H3. The van der Waals surface area contributed by atoms with Crippen molar-refractivity contribution in [3.8, 4) is 11.5 Å². The summed E-state index contributed by atoms with van der Waals surface area (Å²) in [6.45, 7) is 7.81. The molecule has 0 spiro atoms. The van der Waals surface area contributed by atoms with Crippen LogP contribution in [0, 0.1) is 0 Å². The average molecular weight is 360 g/mol. The Hall–Kier alpha value is -0.780. The Morgan fingerprint density at radius 1 is 1.24 bits per heavy atom. The van der Waals surface area contributed by atoms with Crippen LogP contribution in [0.4, 0.5) is 0 Å². The van der Waals surface area contributed by atoms with Gasteiger partial charge in [-0.25, -0.2) is 0 Å². The molecule has 0 amide bonds. The Morgan fingerprint density at radius 2 is 1.95 bits per heavy atom. The Kier molecular flexibility index (Phi) is 7.49. The molecular formula is C16H26BrNO3. The van der Waals surface area contributed by atoms with Crippen LogP contribution in [0.25, 0.3) is 0 Å². The molecular weight excluding hydrogens is 334 g/mol. The third kappa shape index (κ3) is 5.85. The lowest BCUT2D eigenvalue weighted by Crippen LogP contribution is -2.25. The molecule has 0 saturated carbocycles. The molecule has 1 aromatic carbocycles. The Bertz CT molecular complexity index is 449. The molecule has 0 saturated heterocycles. The molecule has 4 nitrogen and oxygen atoms in total. The van der Waals surface area contributed by atoms with Gasteiger partial charge < -0.3 is 19.9 Å². The molecule has 1 rings (SSSR count). The molecule has 0 aromatic heterocycles. The predicted molar refractivity (Wildman–Crippen MR) is 89.3 cm³/mol. The van der Waals surface area contributed by atoms with Gasteiger partial charge in [0, 0.05) is 13.5 Å². The van der Waals surface area contributed by atoms with Gasteiger partial charge in [-0.2, -0.15) is 0 Å². The highest BCUT2D eigenvalue weighted by Crippen LogP contribution is 2.37. The highest BCUT2D eigenvalue weighted by Gasteiger charge is 2.18. The van der Waals surface area contributed by atoms with E-state index in [0.29, 0.717) is 19.8 Å². The largest absolute Gasteiger partial charge is 0.490 e. The van der Waals surface area contributed by atoms with Gasteiger partial charge >= 0.3 is 0 Å². The lowest BCUT2D eigenvalue weighted by Gasteiger charge is -2.23. The summed E-state index contributed by atoms with van der Waals surface area (Å²) in [4.78, 5) is 0. The molecule has 0 aliphatic carbocycles. The summed E-state index contributed by atoms with van der Waals surface area (Å²) in [7, 11) is 1.71. The monoisotopic (exact) mass is 359 g/mol. The number of benzene rings is 1. The number of nitrogens with two attached hydrogens (primary N) is 1. The molecule has 0 radical (unpaired) electrons. The lowest BCUT2D eigenvalue weighted by molar-refractivity contribution is 0.00514. The van der Waals surface area contributed by atoms with Gasteiger partial charge in [0.25, 0.3) is 0 Å². The molecule has 5 heteroatoms. The van der Waals surface area contributed by atoms with Crippen molar-refractivity contribution in [3.63, 3.8) is 0 Å². The normalized spacial score (nSPS) is 11.5. The van der Waals surface area contributed by atoms with Gasteiger partial charge in [0.15, 0.2) is 11.5 Å². The molecule has 1 aromatic rings. The molecule has 0 heterocycles. The predicted octanol–water partition coefficient (Wildman–Crippen LogP) is 3.54. The molecule has 0 unspecified atom stereocenters. The Labute approximate surface area is 136 Å². The van der Waals surface area contributed by atoms with Crippen molar-refractivity contribution in [2.45, 2.75) is 39.2 Å². The fourth-order valence-corrected chi connectivity index (χ4v) is 2.44. The second-order valence-corrected chi connectivity index (χ2v) is 6.29. The third-order valence-electron chi connectivity index (χ3n) is 3.31. The van der Waals surface area contributed by atoms with Crippen LogP contribution in [0.5, 0.6) is 11.5 Å². The molecule has 0 aliphatic rings. The summed E-state index contributed by atoms with van der Waals surface area (Å²) in [6, 6.07) is 4.03. The first-order valence-corrected chi connectivity index (χ1v) is 8.06. The van der Waals surface area contributed by atoms with Crippen molar-refractivity contribution >= 4 is 15.9 Å². The maximum atomic E-state index is 5.91. The summed E-state index contributed by atoms with van der Waals surface area (Å²) in [6.07, 6.45) is 1.61. The number of ether oxygens (including phenoxy) is 3. The van der Waals surface area contributed by atoms with Gasteiger partial charge in [-0.1, -0.05) is 0 Å². The first-order chi connectivity index (χ1) is 9.93. The van der Waals surface area contributed by atoms with Crippen molar-refractivity contribution in [1.82, 2.24) is 0 Å². The highest BCUT2D eigenvalue weighted by atomic mass is 79.9. The molecule has 2 N–H and O–H groups in total. The van der Waals surface area contributed by atoms with Gasteiger partial charge in [0.1, 0.15) is 0 Å². The Balaban J connectivity index is 2.84. The topological polar surface area (TPSA) is 53.7 Å². The first-order valence-electron chi connectivity index (χ1n) is 7.26. The van der Waals surface area contributed by atoms with Gasteiger partial charge in [-0.3, -0.25) is 0 Å². The van der Waals surface area contributed by atoms with E-state index < -0.39 is 0 Å². The first kappa shape index (κ1) is 18.3. The van der Waals surface area contributed by atoms with E-state index in [-0.39, 0.29) is 5.60 Å². The minimum atomic E-state index is -0.197. The summed E-state index contributed by atoms with van der Waals surface area (Å²) in [5, 5.41) is 0. The van der Waals surface area contributed by atoms with Crippen LogP contribution in [0.1, 0.15) is 32.8 Å². The fourth-order valence-electron chi connectivity index (χ4n) is 1.84. The quantitative estimate of drug-likeness (QED) is 0.732. The summed E-state index contributed by atoms with van der Waals surface area (Å²) >= 11 is 3.56. The summed E-state index contributed by atoms with van der Waals surface area (Å²) < 4.78 is 17.9. The van der Waals surface area contributed by atoms with Crippen LogP contribution in [0.15, 0.2) is 16.6 Å². The van der Waals surface area contributed by atoms with Crippen LogP contribution in [-0.2, 0) is 11.2 Å². The van der Waals surface area contributed by atoms with E-state index in [1.54, 1.807) is 7.11 Å². The Morgan fingerprint density at radius 3 is 2.52 bits per heavy atom. The van der Waals surface area contributed by atoms with Crippen LogP contribution in [-0.4, -0.2) is 32.5 Å². The highest BCUT2D eigenvalue weighted by molar-refractivity contribution is 9.10. The molecule has 0 atom stereocenters. The van der Waals surface area contributed by atoms with Gasteiger partial charge in [-0.05, 0) is 67.4 Å². The van der Waals surface area contributed by atoms with E-state index in [4.69, 9.17) is 19.9 Å². The maximum absolute atomic E-state index is 5.91. The molecule has 21 heavy (non-hydrogen) atoms. The van der Waals surface area contributed by atoms with E-state index in [0.717, 1.165) is 34.4 Å². The van der Waals surface area contributed by atoms with Gasteiger partial charge in [0.05, 0.1) is 23.3 Å². The zero-order valence-corrected chi connectivity index (χ0v) is 15.0. The van der Waals surface area contributed by atoms with Crippen LogP contribution in [0.3, 0.4) is 0 Å². The second kappa shape index (κ2) is 8.61. The van der Waals surface area contributed by atoms with Crippen LogP contribution >= 0.6 is 15.9 Å². The third-order valence-corrected chi connectivity index (χ3v) is 3.89. The molecule has 0 bridgehead atoms. The molecule has 120 valence electrons. The lowest BCUT2D eigenvalue weighted by atomic mass is 10.1. The zero-order chi connectivity index (χ0) is 15.9. The minimum absolute atomic E-state index is 0.197.